The number of hydrogen-bond acceptors (Lipinski definition) is 8. The minimum Gasteiger partial charge on any atom is -0.365 e. The van der Waals surface area contributed by atoms with Crippen molar-refractivity contribution in [3.63, 3.8) is 0 Å². The van der Waals surface area contributed by atoms with E-state index in [4.69, 9.17) is 28.0 Å². The molecule has 1 saturated heterocycles. The summed E-state index contributed by atoms with van der Waals surface area (Å²) in [7, 11) is 0. The Morgan fingerprint density at radius 2 is 2.07 bits per heavy atom. The molecule has 0 amide bonds. The summed E-state index contributed by atoms with van der Waals surface area (Å²) in [6.45, 7) is 4.27. The van der Waals surface area contributed by atoms with Gasteiger partial charge in [-0.1, -0.05) is 23.2 Å². The highest BCUT2D eigenvalue weighted by atomic mass is 35.5. The zero-order valence-electron chi connectivity index (χ0n) is 15.7. The SMILES string of the molecule is Clc1ccc(Cl)c(CN2CCNc3nnc(C4N=C(CC5CNC5)NO4)cc32)c1. The molecule has 4 heterocycles. The van der Waals surface area contributed by atoms with E-state index in [1.165, 1.54) is 0 Å². The van der Waals surface area contributed by atoms with Gasteiger partial charge in [0.25, 0.3) is 0 Å². The maximum Gasteiger partial charge on any atom is 0.220 e. The Bertz CT molecular complexity index is 950. The van der Waals surface area contributed by atoms with Crippen LogP contribution in [0.4, 0.5) is 11.5 Å². The predicted molar refractivity (Wildman–Crippen MR) is 113 cm³/mol. The molecule has 0 bridgehead atoms. The molecule has 1 aromatic carbocycles. The van der Waals surface area contributed by atoms with E-state index >= 15 is 0 Å². The second-order valence-corrected chi connectivity index (χ2v) is 8.31. The molecule has 8 nitrogen and oxygen atoms in total. The van der Waals surface area contributed by atoms with Gasteiger partial charge in [0.1, 0.15) is 11.5 Å². The number of halogens is 2. The molecule has 3 aliphatic rings. The number of aromatic nitrogens is 2. The van der Waals surface area contributed by atoms with Gasteiger partial charge in [0.05, 0.1) is 5.69 Å². The first kappa shape index (κ1) is 18.9. The van der Waals surface area contributed by atoms with Crippen LogP contribution >= 0.6 is 23.2 Å². The van der Waals surface area contributed by atoms with E-state index in [0.717, 1.165) is 55.5 Å². The number of fused-ring (bicyclic) bond motifs is 1. The zero-order valence-corrected chi connectivity index (χ0v) is 17.2. The van der Waals surface area contributed by atoms with E-state index < -0.39 is 6.23 Å². The van der Waals surface area contributed by atoms with Crippen molar-refractivity contribution in [2.45, 2.75) is 19.2 Å². The summed E-state index contributed by atoms with van der Waals surface area (Å²) in [5.74, 6) is 2.22. The van der Waals surface area contributed by atoms with Gasteiger partial charge in [-0.25, -0.2) is 9.83 Å². The minimum atomic E-state index is -0.491. The molecule has 3 aliphatic heterocycles. The molecule has 0 radical (unpaired) electrons. The highest BCUT2D eigenvalue weighted by Gasteiger charge is 2.28. The molecule has 1 unspecified atom stereocenters. The second-order valence-electron chi connectivity index (χ2n) is 7.46. The fourth-order valence-corrected chi connectivity index (χ4v) is 4.03. The average Bonchev–Trinajstić information content (AvgIpc) is 3.16. The first-order chi connectivity index (χ1) is 14.2. The Hall–Kier alpha value is -2.13. The minimum absolute atomic E-state index is 0.491. The van der Waals surface area contributed by atoms with Crippen molar-refractivity contribution in [1.82, 2.24) is 21.0 Å². The lowest BCUT2D eigenvalue weighted by Crippen LogP contribution is -2.43. The lowest BCUT2D eigenvalue weighted by molar-refractivity contribution is 0.0335. The number of amidine groups is 1. The summed E-state index contributed by atoms with van der Waals surface area (Å²) in [6.07, 6.45) is 0.386. The molecule has 1 atom stereocenters. The molecule has 0 spiro atoms. The zero-order chi connectivity index (χ0) is 19.8. The van der Waals surface area contributed by atoms with Crippen LogP contribution in [0.5, 0.6) is 0 Å². The van der Waals surface area contributed by atoms with Gasteiger partial charge in [-0.05, 0) is 48.8 Å². The van der Waals surface area contributed by atoms with Crippen molar-refractivity contribution in [2.24, 2.45) is 10.9 Å². The lowest BCUT2D eigenvalue weighted by atomic mass is 9.99. The maximum absolute atomic E-state index is 6.37. The summed E-state index contributed by atoms with van der Waals surface area (Å²) in [4.78, 5) is 12.5. The van der Waals surface area contributed by atoms with E-state index in [9.17, 15) is 0 Å². The van der Waals surface area contributed by atoms with Crippen LogP contribution in [0.15, 0.2) is 29.3 Å². The van der Waals surface area contributed by atoms with Gasteiger partial charge in [-0.15, -0.1) is 10.2 Å². The number of anilines is 2. The number of benzene rings is 1. The largest absolute Gasteiger partial charge is 0.365 e. The first-order valence-corrected chi connectivity index (χ1v) is 10.4. The molecule has 3 N–H and O–H groups in total. The Kier molecular flexibility index (Phi) is 5.17. The molecule has 1 aromatic heterocycles. The molecule has 0 aliphatic carbocycles. The monoisotopic (exact) mass is 433 g/mol. The first-order valence-electron chi connectivity index (χ1n) is 9.65. The molecule has 10 heteroatoms. The van der Waals surface area contributed by atoms with Crippen molar-refractivity contribution >= 4 is 40.5 Å². The van der Waals surface area contributed by atoms with Crippen molar-refractivity contribution in [1.29, 1.82) is 0 Å². The Morgan fingerprint density at radius 3 is 2.90 bits per heavy atom. The Morgan fingerprint density at radius 1 is 1.17 bits per heavy atom. The number of rotatable bonds is 5. The predicted octanol–water partition coefficient (Wildman–Crippen LogP) is 2.76. The number of hydroxylamine groups is 1. The molecule has 0 saturated carbocycles. The summed E-state index contributed by atoms with van der Waals surface area (Å²) in [5, 5.41) is 16.6. The highest BCUT2D eigenvalue weighted by molar-refractivity contribution is 6.33. The van der Waals surface area contributed by atoms with Gasteiger partial charge >= 0.3 is 0 Å². The smallest absolute Gasteiger partial charge is 0.220 e. The lowest BCUT2D eigenvalue weighted by Gasteiger charge is -2.31. The van der Waals surface area contributed by atoms with Gasteiger partial charge in [0.2, 0.25) is 6.23 Å². The van der Waals surface area contributed by atoms with Crippen molar-refractivity contribution in [3.05, 3.63) is 45.6 Å². The molecule has 1 fully saturated rings. The van der Waals surface area contributed by atoms with Crippen LogP contribution in [-0.4, -0.2) is 42.2 Å². The molecular formula is C19H21Cl2N7O. The van der Waals surface area contributed by atoms with Crippen LogP contribution in [0.3, 0.4) is 0 Å². The van der Waals surface area contributed by atoms with Crippen molar-refractivity contribution in [2.75, 3.05) is 36.4 Å². The topological polar surface area (TPSA) is 86.7 Å². The summed E-state index contributed by atoms with van der Waals surface area (Å²) >= 11 is 12.5. The standard InChI is InChI=1S/C19H21Cl2N7O/c20-13-1-2-14(21)12(6-13)10-28-4-3-23-18-16(28)7-15(25-26-18)19-24-17(27-29-19)5-11-8-22-9-11/h1-2,6-7,11,19,22H,3-5,8-10H2,(H,23,26)(H,24,27). The third-order valence-corrected chi connectivity index (χ3v) is 5.94. The van der Waals surface area contributed by atoms with Crippen LogP contribution in [0, 0.1) is 5.92 Å². The van der Waals surface area contributed by atoms with Gasteiger partial charge < -0.3 is 15.5 Å². The van der Waals surface area contributed by atoms with Crippen molar-refractivity contribution < 1.29 is 4.84 Å². The Labute approximate surface area is 178 Å². The number of aliphatic imine (C=N–C) groups is 1. The normalized spacial score (nSPS) is 21.1. The average molecular weight is 434 g/mol. The fraction of sp³-hybridized carbons (Fsp3) is 0.421. The highest BCUT2D eigenvalue weighted by Crippen LogP contribution is 2.33. The Balaban J connectivity index is 1.37. The molecule has 29 heavy (non-hydrogen) atoms. The third kappa shape index (κ3) is 3.98. The maximum atomic E-state index is 6.37. The van der Waals surface area contributed by atoms with Gasteiger partial charge in [0.15, 0.2) is 5.82 Å². The van der Waals surface area contributed by atoms with Gasteiger partial charge in [-0.2, -0.15) is 0 Å². The molecule has 5 rings (SSSR count). The summed E-state index contributed by atoms with van der Waals surface area (Å²) in [5.41, 5.74) is 5.53. The quantitative estimate of drug-likeness (QED) is 0.667. The van der Waals surface area contributed by atoms with E-state index in [1.807, 2.05) is 18.2 Å². The van der Waals surface area contributed by atoms with Crippen LogP contribution < -0.4 is 21.0 Å². The van der Waals surface area contributed by atoms with Crippen LogP contribution in [-0.2, 0) is 11.4 Å². The second kappa shape index (κ2) is 7.95. The van der Waals surface area contributed by atoms with E-state index in [2.05, 4.69) is 36.2 Å². The van der Waals surface area contributed by atoms with E-state index in [1.54, 1.807) is 6.07 Å². The van der Waals surface area contributed by atoms with E-state index in [-0.39, 0.29) is 0 Å². The summed E-state index contributed by atoms with van der Waals surface area (Å²) < 4.78 is 0. The number of nitrogens with one attached hydrogen (secondary N) is 3. The molecule has 2 aromatic rings. The van der Waals surface area contributed by atoms with Crippen LogP contribution in [0.2, 0.25) is 10.0 Å². The molecule has 152 valence electrons. The molecular weight excluding hydrogens is 413 g/mol. The summed E-state index contributed by atoms with van der Waals surface area (Å²) in [6, 6.07) is 7.50. The van der Waals surface area contributed by atoms with Gasteiger partial charge in [0, 0.05) is 36.1 Å². The third-order valence-electron chi connectivity index (χ3n) is 5.34. The fourth-order valence-electron chi connectivity index (χ4n) is 3.65. The van der Waals surface area contributed by atoms with Gasteiger partial charge in [-0.3, -0.25) is 5.48 Å². The van der Waals surface area contributed by atoms with E-state index in [0.29, 0.717) is 28.2 Å². The van der Waals surface area contributed by atoms with Crippen LogP contribution in [0.25, 0.3) is 0 Å². The number of nitrogens with zero attached hydrogens (tertiary/aromatic N) is 4. The van der Waals surface area contributed by atoms with Crippen LogP contribution in [0.1, 0.15) is 23.9 Å². The van der Waals surface area contributed by atoms with Crippen molar-refractivity contribution in [3.8, 4) is 0 Å². The number of hydrogen-bond donors (Lipinski definition) is 3.